The average Bonchev–Trinajstić information content (AvgIpc) is 2.91. The molecule has 0 spiro atoms. The lowest BCUT2D eigenvalue weighted by atomic mass is 9.92. The summed E-state index contributed by atoms with van der Waals surface area (Å²) < 4.78 is 21.9. The third-order valence-electron chi connectivity index (χ3n) is 5.89. The molecule has 0 saturated heterocycles. The second kappa shape index (κ2) is 10.9. The first-order chi connectivity index (χ1) is 17.4. The van der Waals surface area contributed by atoms with E-state index < -0.39 is 18.0 Å². The van der Waals surface area contributed by atoms with Crippen LogP contribution in [0.2, 0.25) is 0 Å². The Hall–Kier alpha value is -4.46. The number of carbonyl (C=O) groups is 2. The summed E-state index contributed by atoms with van der Waals surface area (Å²) in [6.07, 6.45) is 0. The Bertz CT molecular complexity index is 1280. The third kappa shape index (κ3) is 5.27. The minimum atomic E-state index is -0.782. The normalized spacial score (nSPS) is 15.0. The van der Waals surface area contributed by atoms with Gasteiger partial charge in [0.05, 0.1) is 38.6 Å². The quantitative estimate of drug-likeness (QED) is 0.453. The number of nitrogens with one attached hydrogen (secondary N) is 2. The number of rotatable bonds is 8. The number of hydrogen-bond acceptors (Lipinski definition) is 6. The topological polar surface area (TPSA) is 95.1 Å². The molecule has 8 heteroatoms. The van der Waals surface area contributed by atoms with Gasteiger partial charge in [-0.15, -0.1) is 0 Å². The molecule has 1 aliphatic heterocycles. The first-order valence-corrected chi connectivity index (χ1v) is 11.3. The third-order valence-corrected chi connectivity index (χ3v) is 5.89. The van der Waals surface area contributed by atoms with Crippen LogP contribution < -0.4 is 24.8 Å². The monoisotopic (exact) mass is 488 g/mol. The molecular weight excluding hydrogens is 460 g/mol. The molecule has 0 saturated carbocycles. The molecule has 3 aromatic carbocycles. The van der Waals surface area contributed by atoms with Crippen LogP contribution in [-0.4, -0.2) is 33.3 Å². The molecule has 1 atom stereocenters. The fourth-order valence-electron chi connectivity index (χ4n) is 3.96. The molecule has 0 aromatic heterocycles. The molecule has 0 radical (unpaired) electrons. The van der Waals surface area contributed by atoms with Gasteiger partial charge in [-0.2, -0.15) is 0 Å². The summed E-state index contributed by atoms with van der Waals surface area (Å²) in [6.45, 7) is 2.35. The Morgan fingerprint density at radius 3 is 2.25 bits per heavy atom. The Kier molecular flexibility index (Phi) is 7.44. The van der Waals surface area contributed by atoms with Crippen LogP contribution in [0.5, 0.6) is 17.2 Å². The Labute approximate surface area is 209 Å². The van der Waals surface area contributed by atoms with Crippen molar-refractivity contribution in [2.75, 3.05) is 21.3 Å². The molecule has 0 bridgehead atoms. The molecule has 1 heterocycles. The van der Waals surface area contributed by atoms with E-state index in [0.717, 1.165) is 11.1 Å². The number of urea groups is 1. The van der Waals surface area contributed by atoms with E-state index in [2.05, 4.69) is 10.6 Å². The summed E-state index contributed by atoms with van der Waals surface area (Å²) in [6, 6.07) is 19.1. The maximum absolute atomic E-state index is 13.0. The summed E-state index contributed by atoms with van der Waals surface area (Å²) in [5.74, 6) is 1.10. The van der Waals surface area contributed by atoms with Crippen LogP contribution in [0, 0.1) is 6.92 Å². The minimum Gasteiger partial charge on any atom is -0.497 e. The Morgan fingerprint density at radius 2 is 1.61 bits per heavy atom. The number of benzene rings is 3. The van der Waals surface area contributed by atoms with Gasteiger partial charge in [0.15, 0.2) is 11.5 Å². The van der Waals surface area contributed by atoms with E-state index in [1.807, 2.05) is 31.2 Å². The highest BCUT2D eigenvalue weighted by molar-refractivity contribution is 6.04. The van der Waals surface area contributed by atoms with E-state index in [-0.39, 0.29) is 5.57 Å². The van der Waals surface area contributed by atoms with Crippen molar-refractivity contribution in [1.82, 2.24) is 10.6 Å². The number of aryl methyl sites for hydroxylation is 1. The Balaban J connectivity index is 1.74. The van der Waals surface area contributed by atoms with Gasteiger partial charge in [0.2, 0.25) is 0 Å². The van der Waals surface area contributed by atoms with Gasteiger partial charge in [0, 0.05) is 0 Å². The van der Waals surface area contributed by atoms with Crippen LogP contribution in [0.1, 0.15) is 28.3 Å². The number of hydrogen-bond donors (Lipinski definition) is 2. The summed E-state index contributed by atoms with van der Waals surface area (Å²) in [4.78, 5) is 25.6. The van der Waals surface area contributed by atoms with Gasteiger partial charge in [-0.05, 0) is 60.0 Å². The lowest BCUT2D eigenvalue weighted by Gasteiger charge is -2.29. The van der Waals surface area contributed by atoms with Crippen molar-refractivity contribution in [2.45, 2.75) is 19.6 Å². The number of carbonyl (C=O) groups excluding carboxylic acids is 2. The van der Waals surface area contributed by atoms with Crippen LogP contribution in [0.4, 0.5) is 4.79 Å². The van der Waals surface area contributed by atoms with Crippen molar-refractivity contribution in [1.29, 1.82) is 0 Å². The summed E-state index contributed by atoms with van der Waals surface area (Å²) >= 11 is 0. The van der Waals surface area contributed by atoms with Crippen LogP contribution in [0.3, 0.4) is 0 Å². The fourth-order valence-corrected chi connectivity index (χ4v) is 3.96. The molecule has 1 aliphatic rings. The second-order valence-electron chi connectivity index (χ2n) is 8.22. The molecule has 2 amide bonds. The van der Waals surface area contributed by atoms with Crippen LogP contribution in [-0.2, 0) is 16.1 Å². The van der Waals surface area contributed by atoms with Gasteiger partial charge in [-0.3, -0.25) is 0 Å². The van der Waals surface area contributed by atoms with Crippen LogP contribution in [0.15, 0.2) is 72.3 Å². The molecule has 4 rings (SSSR count). The van der Waals surface area contributed by atoms with Crippen molar-refractivity contribution in [2.24, 2.45) is 0 Å². The highest BCUT2D eigenvalue weighted by atomic mass is 16.5. The van der Waals surface area contributed by atoms with Gasteiger partial charge in [-0.25, -0.2) is 9.59 Å². The summed E-state index contributed by atoms with van der Waals surface area (Å²) in [7, 11) is 4.43. The maximum Gasteiger partial charge on any atom is 0.338 e. The maximum atomic E-state index is 13.0. The SMILES string of the molecule is COC(=O)C1=C(c2ccc(OC)cc2)NC(=O)NC1c1ccc(OC)c(OCc2ccc(C)cc2)c1. The van der Waals surface area contributed by atoms with Gasteiger partial charge >= 0.3 is 12.0 Å². The molecule has 0 aliphatic carbocycles. The molecule has 1 unspecified atom stereocenters. The van der Waals surface area contributed by atoms with Gasteiger partial charge in [0.25, 0.3) is 0 Å². The molecule has 186 valence electrons. The van der Waals surface area contributed by atoms with Crippen molar-refractivity contribution in [3.63, 3.8) is 0 Å². The highest BCUT2D eigenvalue weighted by Crippen LogP contribution is 2.37. The van der Waals surface area contributed by atoms with E-state index in [9.17, 15) is 9.59 Å². The molecule has 3 aromatic rings. The highest BCUT2D eigenvalue weighted by Gasteiger charge is 2.34. The van der Waals surface area contributed by atoms with E-state index in [4.69, 9.17) is 18.9 Å². The number of methoxy groups -OCH3 is 3. The zero-order valence-electron chi connectivity index (χ0n) is 20.6. The predicted octanol–water partition coefficient (Wildman–Crippen LogP) is 4.53. The van der Waals surface area contributed by atoms with Crippen molar-refractivity contribution in [3.8, 4) is 17.2 Å². The van der Waals surface area contributed by atoms with Crippen molar-refractivity contribution >= 4 is 17.7 Å². The van der Waals surface area contributed by atoms with Crippen molar-refractivity contribution < 1.29 is 28.5 Å². The van der Waals surface area contributed by atoms with E-state index in [1.165, 1.54) is 7.11 Å². The van der Waals surface area contributed by atoms with Gasteiger partial charge in [-0.1, -0.05) is 35.9 Å². The largest absolute Gasteiger partial charge is 0.497 e. The fraction of sp³-hybridized carbons (Fsp3) is 0.214. The standard InChI is InChI=1S/C28H28N2O6/c1-17-5-7-18(8-6-17)16-36-23-15-20(11-14-22(23)34-3)26-24(27(31)35-4)25(29-28(32)30-26)19-9-12-21(33-2)13-10-19/h5-15,26H,16H2,1-4H3,(H2,29,30,32). The molecule has 8 nitrogen and oxygen atoms in total. The minimum absolute atomic E-state index is 0.261. The van der Waals surface area contributed by atoms with Crippen LogP contribution in [0.25, 0.3) is 5.70 Å². The van der Waals surface area contributed by atoms with E-state index in [0.29, 0.717) is 40.7 Å². The molecule has 2 N–H and O–H groups in total. The number of ether oxygens (including phenoxy) is 4. The van der Waals surface area contributed by atoms with Crippen molar-refractivity contribution in [3.05, 3.63) is 94.6 Å². The smallest absolute Gasteiger partial charge is 0.338 e. The number of esters is 1. The van der Waals surface area contributed by atoms with E-state index in [1.54, 1.807) is 56.7 Å². The molecule has 36 heavy (non-hydrogen) atoms. The lowest BCUT2D eigenvalue weighted by Crippen LogP contribution is -2.45. The summed E-state index contributed by atoms with van der Waals surface area (Å²) in [5, 5.41) is 5.59. The average molecular weight is 489 g/mol. The predicted molar refractivity (Wildman–Crippen MR) is 135 cm³/mol. The second-order valence-corrected chi connectivity index (χ2v) is 8.22. The van der Waals surface area contributed by atoms with Gasteiger partial charge in [0.1, 0.15) is 12.4 Å². The lowest BCUT2D eigenvalue weighted by molar-refractivity contribution is -0.136. The van der Waals surface area contributed by atoms with E-state index >= 15 is 0 Å². The summed E-state index contributed by atoms with van der Waals surface area (Å²) in [5.41, 5.74) is 4.06. The first kappa shape index (κ1) is 24.7. The molecular formula is C28H28N2O6. The zero-order chi connectivity index (χ0) is 25.7. The number of amides is 2. The Morgan fingerprint density at radius 1 is 0.889 bits per heavy atom. The first-order valence-electron chi connectivity index (χ1n) is 11.3. The van der Waals surface area contributed by atoms with Crippen LogP contribution >= 0.6 is 0 Å². The molecule has 0 fully saturated rings. The zero-order valence-corrected chi connectivity index (χ0v) is 20.6. The van der Waals surface area contributed by atoms with Gasteiger partial charge < -0.3 is 29.6 Å².